The Balaban J connectivity index is 0.000000108. The van der Waals surface area contributed by atoms with Crippen molar-refractivity contribution in [1.82, 2.24) is 43.6 Å². The Morgan fingerprint density at radius 1 is 0.139 bits per heavy atom. The number of fused-ring (bicyclic) bond motifs is 18. The number of thiophene rings is 3. The van der Waals surface area contributed by atoms with Gasteiger partial charge in [-0.3, -0.25) is 0 Å². The van der Waals surface area contributed by atoms with Crippen LogP contribution in [-0.4, -0.2) is 43.6 Å². The Hall–Kier alpha value is -18.3. The maximum Gasteiger partial charge on any atom is 0.160 e. The van der Waals surface area contributed by atoms with Crippen LogP contribution in [0.5, 0.6) is 0 Å². The van der Waals surface area contributed by atoms with Crippen molar-refractivity contribution in [2.75, 3.05) is 0 Å². The molecule has 20 aromatic carbocycles. The fourth-order valence-corrected chi connectivity index (χ4v) is 24.3. The van der Waals surface area contributed by atoms with Crippen molar-refractivity contribution in [1.29, 1.82) is 0 Å². The smallest absolute Gasteiger partial charge is 0.160 e. The molecule has 0 atom stereocenters. The molecular weight excluding hydrogens is 1810 g/mol. The lowest BCUT2D eigenvalue weighted by Crippen LogP contribution is -1.98. The van der Waals surface area contributed by atoms with E-state index in [-0.39, 0.29) is 0 Å². The van der Waals surface area contributed by atoms with E-state index in [9.17, 15) is 0 Å². The summed E-state index contributed by atoms with van der Waals surface area (Å²) in [5.41, 5.74) is 29.9. The van der Waals surface area contributed by atoms with E-state index in [1.165, 1.54) is 148 Å². The average Bonchev–Trinajstić information content (AvgIpc) is 1.57. The van der Waals surface area contributed by atoms with Gasteiger partial charge in [-0.2, -0.15) is 0 Å². The van der Waals surface area contributed by atoms with Gasteiger partial charge in [-0.05, 0) is 150 Å². The van der Waals surface area contributed by atoms with Crippen molar-refractivity contribution >= 4 is 160 Å². The van der Waals surface area contributed by atoms with E-state index in [1.54, 1.807) is 0 Å². The maximum absolute atomic E-state index is 5.25. The van der Waals surface area contributed by atoms with Crippen molar-refractivity contribution in [3.63, 3.8) is 0 Å². The lowest BCUT2D eigenvalue weighted by molar-refractivity contribution is 1.16. The Morgan fingerprint density at radius 3 is 0.819 bits per heavy atom. The first-order valence-electron chi connectivity index (χ1n) is 48.4. The highest BCUT2D eigenvalue weighted by Gasteiger charge is 2.24. The number of para-hydroxylation sites is 4. The zero-order valence-electron chi connectivity index (χ0n) is 77.7. The van der Waals surface area contributed by atoms with E-state index in [1.807, 2.05) is 52.2 Å². The van der Waals surface area contributed by atoms with Crippen LogP contribution in [-0.2, 0) is 0 Å². The molecule has 0 aliphatic carbocycles. The molecule has 0 unspecified atom stereocenters. The van der Waals surface area contributed by atoms with Crippen molar-refractivity contribution in [2.45, 2.75) is 0 Å². The minimum Gasteiger partial charge on any atom is -0.309 e. The van der Waals surface area contributed by atoms with Crippen LogP contribution in [0.2, 0.25) is 0 Å². The minimum atomic E-state index is 0.699. The molecule has 29 rings (SSSR count). The van der Waals surface area contributed by atoms with E-state index < -0.39 is 0 Å². The molecular formula is C132H83N9S3. The zero-order chi connectivity index (χ0) is 95.1. The summed E-state index contributed by atoms with van der Waals surface area (Å²) in [5, 5.41) is 15.2. The van der Waals surface area contributed by atoms with Crippen molar-refractivity contribution < 1.29 is 0 Å². The summed E-state index contributed by atoms with van der Waals surface area (Å²) in [6.45, 7) is 0. The van der Waals surface area contributed by atoms with E-state index in [2.05, 4.69) is 499 Å². The minimum absolute atomic E-state index is 0.699. The second-order valence-corrected chi connectivity index (χ2v) is 39.6. The molecule has 0 spiro atoms. The SMILES string of the molecule is c1ccc(-c2cc(-c3ccc4c(c3)sc3ccccc34)nc(-c3cccc(-n4c5ccccc5c5c(-c6ccccc6)cccc54)c3)n2)cc1.c1ccc(-c2cc(-c3cccc(-n4c5ccccc5c5ccccc54)c3)nc(-c3ccc4c(c3)sc3ccccc34)n2)cc1.c1ccc(-c2ccc3c4ccccc4n(-c4cccc(-c5nc(-c6ccccc6)cc(-c6ccc7c(c6)sc6ccccc67)n5)c4)c3c2)cc1. The first-order valence-corrected chi connectivity index (χ1v) is 50.9. The summed E-state index contributed by atoms with van der Waals surface area (Å²) < 4.78 is 14.7. The third-order valence-electron chi connectivity index (χ3n) is 27.6. The van der Waals surface area contributed by atoms with Gasteiger partial charge >= 0.3 is 0 Å². The fraction of sp³-hybridized carbons (Fsp3) is 0. The molecule has 144 heavy (non-hydrogen) atoms. The molecule has 0 amide bonds. The molecule has 0 aliphatic heterocycles. The number of nitrogens with zero attached hydrogens (tertiary/aromatic N) is 9. The van der Waals surface area contributed by atoms with Gasteiger partial charge in [0.15, 0.2) is 17.5 Å². The van der Waals surface area contributed by atoms with Crippen LogP contribution in [0.1, 0.15) is 0 Å². The zero-order valence-corrected chi connectivity index (χ0v) is 80.1. The summed E-state index contributed by atoms with van der Waals surface area (Å²) in [5.74, 6) is 2.12. The molecule has 0 radical (unpaired) electrons. The van der Waals surface area contributed by atoms with E-state index in [0.717, 1.165) is 107 Å². The van der Waals surface area contributed by atoms with E-state index in [0.29, 0.717) is 11.6 Å². The summed E-state index contributed by atoms with van der Waals surface area (Å²) in [7, 11) is 0. The average molecular weight is 1890 g/mol. The molecule has 29 aromatic rings. The van der Waals surface area contributed by atoms with Crippen LogP contribution in [0.3, 0.4) is 0 Å². The van der Waals surface area contributed by atoms with Crippen LogP contribution < -0.4 is 0 Å². The second-order valence-electron chi connectivity index (χ2n) is 36.3. The lowest BCUT2D eigenvalue weighted by Gasteiger charge is -2.12. The fourth-order valence-electron chi connectivity index (χ4n) is 20.9. The topological polar surface area (TPSA) is 92.1 Å². The molecule has 12 heteroatoms. The van der Waals surface area contributed by atoms with Crippen LogP contribution in [0.15, 0.2) is 504 Å². The summed E-state index contributed by atoms with van der Waals surface area (Å²) >= 11 is 5.47. The van der Waals surface area contributed by atoms with Gasteiger partial charge in [0.2, 0.25) is 0 Å². The predicted octanol–water partition coefficient (Wildman–Crippen LogP) is 36.2. The third kappa shape index (κ3) is 15.5. The van der Waals surface area contributed by atoms with E-state index >= 15 is 0 Å². The highest BCUT2D eigenvalue weighted by Crippen LogP contribution is 2.46. The summed E-state index contributed by atoms with van der Waals surface area (Å²) in [6, 6.07) is 179. The van der Waals surface area contributed by atoms with Crippen molar-refractivity contribution in [2.24, 2.45) is 0 Å². The highest BCUT2D eigenvalue weighted by atomic mass is 32.1. The number of aromatic nitrogens is 9. The van der Waals surface area contributed by atoms with Gasteiger partial charge in [-0.25, -0.2) is 29.9 Å². The highest BCUT2D eigenvalue weighted by molar-refractivity contribution is 7.26. The van der Waals surface area contributed by atoms with Gasteiger partial charge in [-0.15, -0.1) is 34.0 Å². The molecule has 674 valence electrons. The van der Waals surface area contributed by atoms with E-state index in [4.69, 9.17) is 29.9 Å². The Bertz CT molecular complexity index is 9760. The Morgan fingerprint density at radius 2 is 0.396 bits per heavy atom. The predicted molar refractivity (Wildman–Crippen MR) is 608 cm³/mol. The Kier molecular flexibility index (Phi) is 21.3. The Labute approximate surface area is 841 Å². The molecule has 0 saturated carbocycles. The van der Waals surface area contributed by atoms with Gasteiger partial charge in [0.05, 0.1) is 67.3 Å². The standard InChI is InChI=1S/2C46H29N3S.C40H25N3S/c1-3-13-30(14-4-1)35-21-12-23-42-45(35)38-20-7-9-22-41(38)49(42)34-18-11-17-33(27-34)46-47-39(31-15-5-2-6-16-31)29-40(48-46)32-25-26-37-36-19-8-10-24-43(36)50-44(37)28-32;1-3-12-30(13-4-1)32-22-24-37-36-18-7-9-20-42(36)49(43(37)27-32)35-17-11-16-34(26-35)46-47-40(31-14-5-2-6-15-31)29-41(48-46)33-23-25-39-38-19-8-10-21-44(38)50-45(39)28-33;1-2-11-26(12-3-1)34-25-35(42-40(41-34)28-21-22-33-32-17-6-9-20-38(32)44-39(33)24-28)27-13-10-14-29(23-27)43-36-18-7-4-15-30(36)31-16-5-8-19-37(31)43/h2*1-29H;1-25H. The number of hydrogen-bond donors (Lipinski definition) is 0. The third-order valence-corrected chi connectivity index (χ3v) is 31.0. The van der Waals surface area contributed by atoms with Crippen molar-refractivity contribution in [3.8, 4) is 141 Å². The molecule has 0 fully saturated rings. The first-order chi connectivity index (χ1) is 71.3. The molecule has 0 saturated heterocycles. The maximum atomic E-state index is 5.25. The number of hydrogen-bond acceptors (Lipinski definition) is 9. The van der Waals surface area contributed by atoms with Gasteiger partial charge in [0.25, 0.3) is 0 Å². The van der Waals surface area contributed by atoms with Crippen LogP contribution in [0.4, 0.5) is 0 Å². The van der Waals surface area contributed by atoms with Gasteiger partial charge in [0.1, 0.15) is 0 Å². The molecule has 9 aromatic heterocycles. The monoisotopic (exact) mass is 1890 g/mol. The number of benzene rings is 20. The molecule has 9 heterocycles. The first kappa shape index (κ1) is 84.9. The molecule has 0 bridgehead atoms. The molecule has 0 aliphatic rings. The van der Waals surface area contributed by atoms with Crippen LogP contribution in [0.25, 0.3) is 267 Å². The number of rotatable bonds is 14. The lowest BCUT2D eigenvalue weighted by atomic mass is 9.99. The largest absolute Gasteiger partial charge is 0.309 e. The van der Waals surface area contributed by atoms with Crippen molar-refractivity contribution in [3.05, 3.63) is 504 Å². The summed E-state index contributed by atoms with van der Waals surface area (Å²) in [4.78, 5) is 31.1. The van der Waals surface area contributed by atoms with Crippen LogP contribution >= 0.6 is 34.0 Å². The second kappa shape index (κ2) is 36.2. The molecule has 0 N–H and O–H groups in total. The normalized spacial score (nSPS) is 11.6. The van der Waals surface area contributed by atoms with Gasteiger partial charge in [0, 0.05) is 160 Å². The van der Waals surface area contributed by atoms with Crippen LogP contribution in [0, 0.1) is 0 Å². The van der Waals surface area contributed by atoms with Gasteiger partial charge in [-0.1, -0.05) is 376 Å². The summed E-state index contributed by atoms with van der Waals surface area (Å²) in [6.07, 6.45) is 0. The quantitative estimate of drug-likeness (QED) is 0.108. The molecule has 9 nitrogen and oxygen atoms in total. The van der Waals surface area contributed by atoms with Gasteiger partial charge < -0.3 is 13.7 Å².